The Morgan fingerprint density at radius 3 is 2.46 bits per heavy atom. The molecule has 0 aliphatic carbocycles. The van der Waals surface area contributed by atoms with Crippen molar-refractivity contribution in [3.63, 3.8) is 0 Å². The predicted octanol–water partition coefficient (Wildman–Crippen LogP) is 2.60. The Morgan fingerprint density at radius 2 is 2.00 bits per heavy atom. The van der Waals surface area contributed by atoms with E-state index in [-0.39, 0.29) is 5.41 Å². The average molecular weight is 178 g/mol. The van der Waals surface area contributed by atoms with E-state index in [0.717, 1.165) is 5.56 Å². The lowest BCUT2D eigenvalue weighted by Gasteiger charge is -2.30. The lowest BCUT2D eigenvalue weighted by atomic mass is 9.75. The Morgan fingerprint density at radius 1 is 1.38 bits per heavy atom. The second-order valence-electron chi connectivity index (χ2n) is 4.31. The van der Waals surface area contributed by atoms with Crippen molar-refractivity contribution in [3.05, 3.63) is 23.9 Å². The van der Waals surface area contributed by atoms with Crippen molar-refractivity contribution in [2.24, 2.45) is 5.92 Å². The molecule has 1 aromatic heterocycles. The molecule has 0 aliphatic rings. The highest BCUT2D eigenvalue weighted by molar-refractivity contribution is 5.43. The van der Waals surface area contributed by atoms with Gasteiger partial charge in [-0.05, 0) is 17.4 Å². The van der Waals surface area contributed by atoms with E-state index in [1.54, 1.807) is 6.20 Å². The van der Waals surface area contributed by atoms with E-state index in [1.807, 2.05) is 6.07 Å². The van der Waals surface area contributed by atoms with E-state index in [1.165, 1.54) is 0 Å². The molecule has 72 valence electrons. The molecule has 1 rings (SSSR count). The molecular weight excluding hydrogens is 160 g/mol. The molecule has 0 saturated carbocycles. The summed E-state index contributed by atoms with van der Waals surface area (Å²) in [6, 6.07) is 4.00. The Labute approximate surface area is 80.2 Å². The third-order valence-electron chi connectivity index (χ3n) is 2.98. The van der Waals surface area contributed by atoms with E-state index >= 15 is 0 Å². The second kappa shape index (κ2) is 3.36. The van der Waals surface area contributed by atoms with Gasteiger partial charge in [0, 0.05) is 11.8 Å². The number of hydrogen-bond donors (Lipinski definition) is 1. The number of rotatable bonds is 2. The lowest BCUT2D eigenvalue weighted by molar-refractivity contribution is 0.372. The first-order valence-electron chi connectivity index (χ1n) is 4.67. The van der Waals surface area contributed by atoms with Crippen molar-refractivity contribution in [1.29, 1.82) is 0 Å². The third kappa shape index (κ3) is 1.82. The van der Waals surface area contributed by atoms with Gasteiger partial charge in [0.05, 0.1) is 0 Å². The van der Waals surface area contributed by atoms with Crippen molar-refractivity contribution in [3.8, 4) is 0 Å². The maximum atomic E-state index is 5.83. The van der Waals surface area contributed by atoms with E-state index < -0.39 is 0 Å². The fourth-order valence-electron chi connectivity index (χ4n) is 1.27. The standard InChI is InChI=1S/C11H18N2/c1-8(2)11(3,4)9-6-5-7-13-10(9)12/h5-8H,1-4H3,(H2,12,13). The molecule has 0 aliphatic heterocycles. The summed E-state index contributed by atoms with van der Waals surface area (Å²) in [5.74, 6) is 1.21. The van der Waals surface area contributed by atoms with Gasteiger partial charge in [0.25, 0.3) is 0 Å². The normalized spacial score (nSPS) is 12.1. The van der Waals surface area contributed by atoms with Crippen LogP contribution in [0, 0.1) is 5.92 Å². The summed E-state index contributed by atoms with van der Waals surface area (Å²) >= 11 is 0. The van der Waals surface area contributed by atoms with Crippen LogP contribution in [-0.2, 0) is 5.41 Å². The number of anilines is 1. The smallest absolute Gasteiger partial charge is 0.127 e. The molecule has 0 radical (unpaired) electrons. The molecule has 0 atom stereocenters. The van der Waals surface area contributed by atoms with Gasteiger partial charge in [0.2, 0.25) is 0 Å². The van der Waals surface area contributed by atoms with Gasteiger partial charge in [-0.3, -0.25) is 0 Å². The van der Waals surface area contributed by atoms with Crippen LogP contribution in [0.25, 0.3) is 0 Å². The van der Waals surface area contributed by atoms with Gasteiger partial charge >= 0.3 is 0 Å². The van der Waals surface area contributed by atoms with Gasteiger partial charge < -0.3 is 5.73 Å². The molecule has 2 heteroatoms. The molecule has 1 heterocycles. The van der Waals surface area contributed by atoms with Crippen molar-refractivity contribution < 1.29 is 0 Å². The van der Waals surface area contributed by atoms with Crippen LogP contribution < -0.4 is 5.73 Å². The van der Waals surface area contributed by atoms with E-state index in [2.05, 4.69) is 38.7 Å². The molecule has 0 unspecified atom stereocenters. The molecule has 0 spiro atoms. The monoisotopic (exact) mass is 178 g/mol. The molecule has 2 N–H and O–H groups in total. The maximum absolute atomic E-state index is 5.83. The fraction of sp³-hybridized carbons (Fsp3) is 0.545. The van der Waals surface area contributed by atoms with Crippen molar-refractivity contribution >= 4 is 5.82 Å². The quantitative estimate of drug-likeness (QED) is 0.756. The Kier molecular flexibility index (Phi) is 2.60. The summed E-state index contributed by atoms with van der Waals surface area (Å²) in [6.07, 6.45) is 1.73. The van der Waals surface area contributed by atoms with Crippen LogP contribution in [0.4, 0.5) is 5.82 Å². The van der Waals surface area contributed by atoms with E-state index in [0.29, 0.717) is 11.7 Å². The predicted molar refractivity (Wildman–Crippen MR) is 56.5 cm³/mol. The SMILES string of the molecule is CC(C)C(C)(C)c1cccnc1N. The summed E-state index contributed by atoms with van der Waals surface area (Å²) in [7, 11) is 0. The highest BCUT2D eigenvalue weighted by Gasteiger charge is 2.26. The van der Waals surface area contributed by atoms with Crippen LogP contribution in [0.2, 0.25) is 0 Å². The number of nitrogens with zero attached hydrogens (tertiary/aromatic N) is 1. The molecule has 0 aromatic carbocycles. The second-order valence-corrected chi connectivity index (χ2v) is 4.31. The Balaban J connectivity index is 3.14. The highest BCUT2D eigenvalue weighted by Crippen LogP contribution is 2.33. The van der Waals surface area contributed by atoms with Gasteiger partial charge in [0.15, 0.2) is 0 Å². The number of nitrogen functional groups attached to an aromatic ring is 1. The largest absolute Gasteiger partial charge is 0.383 e. The summed E-state index contributed by atoms with van der Waals surface area (Å²) in [4.78, 5) is 4.11. The number of aromatic nitrogens is 1. The molecule has 2 nitrogen and oxygen atoms in total. The fourth-order valence-corrected chi connectivity index (χ4v) is 1.27. The van der Waals surface area contributed by atoms with Crippen LogP contribution in [0.3, 0.4) is 0 Å². The minimum absolute atomic E-state index is 0.0956. The first-order valence-corrected chi connectivity index (χ1v) is 4.67. The molecule has 13 heavy (non-hydrogen) atoms. The van der Waals surface area contributed by atoms with Gasteiger partial charge in [-0.15, -0.1) is 0 Å². The van der Waals surface area contributed by atoms with Crippen LogP contribution in [0.15, 0.2) is 18.3 Å². The highest BCUT2D eigenvalue weighted by atomic mass is 14.8. The van der Waals surface area contributed by atoms with Crippen LogP contribution in [0.1, 0.15) is 33.3 Å². The zero-order valence-corrected chi connectivity index (χ0v) is 8.83. The minimum atomic E-state index is 0.0956. The lowest BCUT2D eigenvalue weighted by Crippen LogP contribution is -2.25. The number of pyridine rings is 1. The van der Waals surface area contributed by atoms with Gasteiger partial charge in [-0.1, -0.05) is 33.8 Å². The van der Waals surface area contributed by atoms with Crippen molar-refractivity contribution in [1.82, 2.24) is 4.98 Å². The Hall–Kier alpha value is -1.05. The van der Waals surface area contributed by atoms with Crippen LogP contribution >= 0.6 is 0 Å². The third-order valence-corrected chi connectivity index (χ3v) is 2.98. The first kappa shape index (κ1) is 10.0. The molecule has 1 aromatic rings. The average Bonchev–Trinajstić information content (AvgIpc) is 2.04. The summed E-state index contributed by atoms with van der Waals surface area (Å²) in [5.41, 5.74) is 7.07. The topological polar surface area (TPSA) is 38.9 Å². The van der Waals surface area contributed by atoms with E-state index in [4.69, 9.17) is 5.73 Å². The minimum Gasteiger partial charge on any atom is -0.383 e. The molecule has 0 saturated heterocycles. The van der Waals surface area contributed by atoms with Crippen LogP contribution in [0.5, 0.6) is 0 Å². The van der Waals surface area contributed by atoms with E-state index in [9.17, 15) is 0 Å². The Bertz CT molecular complexity index is 290. The molecule has 0 fully saturated rings. The maximum Gasteiger partial charge on any atom is 0.127 e. The van der Waals surface area contributed by atoms with Gasteiger partial charge in [-0.2, -0.15) is 0 Å². The van der Waals surface area contributed by atoms with Crippen molar-refractivity contribution in [2.45, 2.75) is 33.1 Å². The van der Waals surface area contributed by atoms with Gasteiger partial charge in [0.1, 0.15) is 5.82 Å². The van der Waals surface area contributed by atoms with Gasteiger partial charge in [-0.25, -0.2) is 4.98 Å². The molecule has 0 amide bonds. The number of nitrogens with two attached hydrogens (primary N) is 1. The summed E-state index contributed by atoms with van der Waals surface area (Å²) in [5, 5.41) is 0. The zero-order valence-electron chi connectivity index (χ0n) is 8.83. The van der Waals surface area contributed by atoms with Crippen LogP contribution in [-0.4, -0.2) is 4.98 Å². The zero-order chi connectivity index (χ0) is 10.1. The first-order chi connectivity index (χ1) is 5.96. The summed E-state index contributed by atoms with van der Waals surface area (Å²) < 4.78 is 0. The molecule has 0 bridgehead atoms. The summed E-state index contributed by atoms with van der Waals surface area (Å²) in [6.45, 7) is 8.80. The molecular formula is C11H18N2. The number of hydrogen-bond acceptors (Lipinski definition) is 2. The van der Waals surface area contributed by atoms with Crippen molar-refractivity contribution in [2.75, 3.05) is 5.73 Å².